The highest BCUT2D eigenvalue weighted by molar-refractivity contribution is 7.99. The zero-order valence-electron chi connectivity index (χ0n) is 10.1. The molecule has 5 nitrogen and oxygen atoms in total. The Balaban J connectivity index is 2.08. The van der Waals surface area contributed by atoms with Gasteiger partial charge in [-0.1, -0.05) is 11.8 Å². The van der Waals surface area contributed by atoms with E-state index in [0.717, 1.165) is 16.5 Å². The zero-order chi connectivity index (χ0) is 13.0. The van der Waals surface area contributed by atoms with E-state index in [1.807, 2.05) is 19.2 Å². The lowest BCUT2D eigenvalue weighted by atomic mass is 10.4. The summed E-state index contributed by atoms with van der Waals surface area (Å²) in [6, 6.07) is 3.63. The molecule has 2 aromatic heterocycles. The van der Waals surface area contributed by atoms with E-state index in [0.29, 0.717) is 16.7 Å². The summed E-state index contributed by atoms with van der Waals surface area (Å²) >= 11 is 3.03. The molecule has 0 fully saturated rings. The van der Waals surface area contributed by atoms with Crippen molar-refractivity contribution in [3.8, 4) is 0 Å². The molecule has 0 aliphatic carbocycles. The number of rotatable bonds is 4. The maximum atomic E-state index is 5.72. The van der Waals surface area contributed by atoms with E-state index >= 15 is 0 Å². The van der Waals surface area contributed by atoms with Gasteiger partial charge in [0, 0.05) is 18.0 Å². The fraction of sp³-hybridized carbons (Fsp3) is 0.273. The third-order valence-electron chi connectivity index (χ3n) is 2.09. The van der Waals surface area contributed by atoms with E-state index in [-0.39, 0.29) is 0 Å². The van der Waals surface area contributed by atoms with Crippen LogP contribution < -0.4 is 5.73 Å². The van der Waals surface area contributed by atoms with Crippen LogP contribution in [0, 0.1) is 6.92 Å². The first-order valence-corrected chi connectivity index (χ1v) is 7.48. The van der Waals surface area contributed by atoms with Crippen molar-refractivity contribution >= 4 is 29.3 Å². The molecule has 0 bridgehead atoms. The van der Waals surface area contributed by atoms with Crippen molar-refractivity contribution in [1.82, 2.24) is 19.9 Å². The number of aromatic nitrogens is 4. The highest BCUT2D eigenvalue weighted by Crippen LogP contribution is 2.22. The van der Waals surface area contributed by atoms with Crippen LogP contribution in [0.3, 0.4) is 0 Å². The summed E-state index contributed by atoms with van der Waals surface area (Å²) in [7, 11) is 0. The molecule has 0 amide bonds. The number of nitrogen functional groups attached to an aromatic ring is 1. The summed E-state index contributed by atoms with van der Waals surface area (Å²) < 4.78 is 0. The Morgan fingerprint density at radius 1 is 1.28 bits per heavy atom. The molecular formula is C11H13N5S2. The van der Waals surface area contributed by atoms with Gasteiger partial charge in [0.2, 0.25) is 0 Å². The van der Waals surface area contributed by atoms with Gasteiger partial charge in [0.15, 0.2) is 5.16 Å². The predicted molar refractivity (Wildman–Crippen MR) is 74.6 cm³/mol. The molecule has 94 valence electrons. The highest BCUT2D eigenvalue weighted by atomic mass is 32.2. The first kappa shape index (κ1) is 13.1. The second-order valence-corrected chi connectivity index (χ2v) is 5.29. The van der Waals surface area contributed by atoms with Crippen molar-refractivity contribution in [3.05, 3.63) is 29.8 Å². The predicted octanol–water partition coefficient (Wildman–Crippen LogP) is 2.17. The molecule has 2 heterocycles. The zero-order valence-corrected chi connectivity index (χ0v) is 11.8. The molecule has 0 radical (unpaired) electrons. The standard InChI is InChI=1S/C11H13N5S2/c1-7-3-4-13-9(14-7)6-18-11-15-8(12)5-10(16-11)17-2/h3-5H,6H2,1-2H3,(H2,12,15,16). The minimum absolute atomic E-state index is 0.488. The number of nitrogens with two attached hydrogens (primary N) is 1. The molecule has 0 spiro atoms. The average molecular weight is 279 g/mol. The monoisotopic (exact) mass is 279 g/mol. The molecule has 0 unspecified atom stereocenters. The fourth-order valence-corrected chi connectivity index (χ4v) is 2.49. The molecule has 0 saturated carbocycles. The minimum atomic E-state index is 0.488. The minimum Gasteiger partial charge on any atom is -0.384 e. The third-order valence-corrected chi connectivity index (χ3v) is 3.56. The van der Waals surface area contributed by atoms with Crippen molar-refractivity contribution in [2.75, 3.05) is 12.0 Å². The number of thioether (sulfide) groups is 2. The van der Waals surface area contributed by atoms with Gasteiger partial charge in [-0.15, -0.1) is 11.8 Å². The molecule has 2 aromatic rings. The van der Waals surface area contributed by atoms with Gasteiger partial charge in [-0.3, -0.25) is 0 Å². The van der Waals surface area contributed by atoms with E-state index in [4.69, 9.17) is 5.73 Å². The normalized spacial score (nSPS) is 10.6. The number of hydrogen-bond donors (Lipinski definition) is 1. The third kappa shape index (κ3) is 3.58. The molecule has 2 rings (SSSR count). The molecule has 2 N–H and O–H groups in total. The van der Waals surface area contributed by atoms with Crippen molar-refractivity contribution < 1.29 is 0 Å². The lowest BCUT2D eigenvalue weighted by Crippen LogP contribution is -1.98. The van der Waals surface area contributed by atoms with Crippen molar-refractivity contribution in [2.45, 2.75) is 22.9 Å². The van der Waals surface area contributed by atoms with Crippen LogP contribution >= 0.6 is 23.5 Å². The summed E-state index contributed by atoms with van der Waals surface area (Å²) in [5.74, 6) is 1.90. The van der Waals surface area contributed by atoms with Crippen LogP contribution in [0.15, 0.2) is 28.5 Å². The van der Waals surface area contributed by atoms with E-state index in [9.17, 15) is 0 Å². The summed E-state index contributed by atoms with van der Waals surface area (Å²) in [5.41, 5.74) is 6.68. The second kappa shape index (κ2) is 6.01. The van der Waals surface area contributed by atoms with Gasteiger partial charge in [-0.05, 0) is 19.2 Å². The largest absolute Gasteiger partial charge is 0.384 e. The first-order valence-electron chi connectivity index (χ1n) is 5.27. The molecule has 0 aliphatic heterocycles. The van der Waals surface area contributed by atoms with E-state index in [1.165, 1.54) is 11.8 Å². The van der Waals surface area contributed by atoms with E-state index in [1.54, 1.807) is 24.0 Å². The number of anilines is 1. The van der Waals surface area contributed by atoms with Gasteiger partial charge in [0.25, 0.3) is 0 Å². The van der Waals surface area contributed by atoms with Gasteiger partial charge in [-0.25, -0.2) is 19.9 Å². The van der Waals surface area contributed by atoms with Gasteiger partial charge < -0.3 is 5.73 Å². The van der Waals surface area contributed by atoms with Crippen LogP contribution in [0.4, 0.5) is 5.82 Å². The summed E-state index contributed by atoms with van der Waals surface area (Å²) in [4.78, 5) is 17.1. The number of nitrogens with zero attached hydrogens (tertiary/aromatic N) is 4. The van der Waals surface area contributed by atoms with Gasteiger partial charge in [-0.2, -0.15) is 0 Å². The van der Waals surface area contributed by atoms with Crippen LogP contribution in [-0.4, -0.2) is 26.2 Å². The number of aryl methyl sites for hydroxylation is 1. The topological polar surface area (TPSA) is 77.6 Å². The van der Waals surface area contributed by atoms with Crippen LogP contribution in [0.5, 0.6) is 0 Å². The van der Waals surface area contributed by atoms with Crippen LogP contribution in [0.2, 0.25) is 0 Å². The molecule has 0 atom stereocenters. The molecular weight excluding hydrogens is 266 g/mol. The SMILES string of the molecule is CSc1cc(N)nc(SCc2nccc(C)n2)n1. The summed E-state index contributed by atoms with van der Waals surface area (Å²) in [5, 5.41) is 1.53. The summed E-state index contributed by atoms with van der Waals surface area (Å²) in [6.45, 7) is 1.94. The first-order chi connectivity index (χ1) is 8.67. The van der Waals surface area contributed by atoms with Crippen molar-refractivity contribution in [1.29, 1.82) is 0 Å². The fourth-order valence-electron chi connectivity index (χ4n) is 1.29. The van der Waals surface area contributed by atoms with Crippen molar-refractivity contribution in [3.63, 3.8) is 0 Å². The lowest BCUT2D eigenvalue weighted by molar-refractivity contribution is 0.896. The average Bonchev–Trinajstić information content (AvgIpc) is 2.36. The maximum Gasteiger partial charge on any atom is 0.191 e. The Morgan fingerprint density at radius 2 is 2.11 bits per heavy atom. The number of hydrogen-bond acceptors (Lipinski definition) is 7. The van der Waals surface area contributed by atoms with Crippen LogP contribution in [0.1, 0.15) is 11.5 Å². The van der Waals surface area contributed by atoms with Gasteiger partial charge in [0.1, 0.15) is 16.7 Å². The Hall–Kier alpha value is -1.34. The maximum absolute atomic E-state index is 5.72. The quantitative estimate of drug-likeness (QED) is 0.522. The molecule has 0 aromatic carbocycles. The van der Waals surface area contributed by atoms with Gasteiger partial charge in [0.05, 0.1) is 5.75 Å². The molecule has 0 aliphatic rings. The van der Waals surface area contributed by atoms with Crippen LogP contribution in [0.25, 0.3) is 0 Å². The molecule has 18 heavy (non-hydrogen) atoms. The van der Waals surface area contributed by atoms with Gasteiger partial charge >= 0.3 is 0 Å². The van der Waals surface area contributed by atoms with Crippen molar-refractivity contribution in [2.24, 2.45) is 0 Å². The smallest absolute Gasteiger partial charge is 0.191 e. The summed E-state index contributed by atoms with van der Waals surface area (Å²) in [6.07, 6.45) is 3.71. The Morgan fingerprint density at radius 3 is 2.83 bits per heavy atom. The van der Waals surface area contributed by atoms with E-state index < -0.39 is 0 Å². The Kier molecular flexibility index (Phi) is 4.38. The van der Waals surface area contributed by atoms with E-state index in [2.05, 4.69) is 19.9 Å². The molecule has 0 saturated heterocycles. The Bertz CT molecular complexity index is 547. The second-order valence-electron chi connectivity index (χ2n) is 3.52. The molecule has 7 heteroatoms. The Labute approximate surface area is 114 Å². The highest BCUT2D eigenvalue weighted by Gasteiger charge is 2.05. The van der Waals surface area contributed by atoms with Crippen LogP contribution in [-0.2, 0) is 5.75 Å². The lowest BCUT2D eigenvalue weighted by Gasteiger charge is -2.03.